The number of ether oxygens (including phenoxy) is 1. The first-order chi connectivity index (χ1) is 6.72. The number of hydrogen-bond donors (Lipinski definition) is 0. The zero-order valence-corrected chi connectivity index (χ0v) is 9.68. The summed E-state index contributed by atoms with van der Waals surface area (Å²) in [5.41, 5.74) is 1.22. The number of benzene rings is 1. The monoisotopic (exact) mass is 232 g/mol. The highest BCUT2D eigenvalue weighted by molar-refractivity contribution is 6.30. The third-order valence-corrected chi connectivity index (χ3v) is 2.56. The van der Waals surface area contributed by atoms with Crippen LogP contribution < -0.4 is 0 Å². The summed E-state index contributed by atoms with van der Waals surface area (Å²) in [4.78, 5) is 0. The molecule has 0 saturated heterocycles. The van der Waals surface area contributed by atoms with E-state index in [1.807, 2.05) is 18.2 Å². The molecule has 1 nitrogen and oxygen atoms in total. The number of aryl methyl sites for hydroxylation is 1. The Labute approximate surface area is 95.0 Å². The summed E-state index contributed by atoms with van der Waals surface area (Å²) >= 11 is 11.9. The average molecular weight is 233 g/mol. The zero-order valence-electron chi connectivity index (χ0n) is 8.17. The van der Waals surface area contributed by atoms with Crippen molar-refractivity contribution in [3.05, 3.63) is 34.9 Å². The largest absolute Gasteiger partial charge is 0.383 e. The van der Waals surface area contributed by atoms with Gasteiger partial charge in [0.2, 0.25) is 0 Å². The third kappa shape index (κ3) is 4.32. The van der Waals surface area contributed by atoms with E-state index >= 15 is 0 Å². The second-order valence-electron chi connectivity index (χ2n) is 3.22. The number of alkyl halides is 1. The van der Waals surface area contributed by atoms with E-state index in [2.05, 4.69) is 6.07 Å². The molecule has 0 heterocycles. The Bertz CT molecular complexity index is 276. The van der Waals surface area contributed by atoms with E-state index in [-0.39, 0.29) is 5.38 Å². The fraction of sp³-hybridized carbons (Fsp3) is 0.455. The van der Waals surface area contributed by atoms with Crippen LogP contribution in [0, 0.1) is 0 Å². The van der Waals surface area contributed by atoms with Gasteiger partial charge >= 0.3 is 0 Å². The fourth-order valence-corrected chi connectivity index (χ4v) is 1.73. The Kier molecular flexibility index (Phi) is 5.31. The molecule has 1 aromatic rings. The Balaban J connectivity index is 2.37. The standard InChI is InChI=1S/C11H14Cl2O/c1-14-8-11(13)6-5-9-3-2-4-10(12)7-9/h2-4,7,11H,5-6,8H2,1H3. The lowest BCUT2D eigenvalue weighted by atomic mass is 10.1. The highest BCUT2D eigenvalue weighted by Gasteiger charge is 2.04. The molecule has 1 aromatic carbocycles. The topological polar surface area (TPSA) is 9.23 Å². The first-order valence-corrected chi connectivity index (χ1v) is 5.41. The fourth-order valence-electron chi connectivity index (χ4n) is 1.28. The van der Waals surface area contributed by atoms with Crippen molar-refractivity contribution in [2.24, 2.45) is 0 Å². The normalized spacial score (nSPS) is 12.8. The van der Waals surface area contributed by atoms with Crippen LogP contribution in [-0.2, 0) is 11.2 Å². The molecule has 14 heavy (non-hydrogen) atoms. The van der Waals surface area contributed by atoms with Crippen molar-refractivity contribution in [1.29, 1.82) is 0 Å². The predicted molar refractivity (Wildman–Crippen MR) is 61.3 cm³/mol. The molecule has 3 heteroatoms. The van der Waals surface area contributed by atoms with Crippen molar-refractivity contribution in [1.82, 2.24) is 0 Å². The molecule has 0 fully saturated rings. The van der Waals surface area contributed by atoms with Crippen LogP contribution in [0.25, 0.3) is 0 Å². The van der Waals surface area contributed by atoms with Gasteiger partial charge in [-0.3, -0.25) is 0 Å². The number of methoxy groups -OCH3 is 1. The molecule has 1 rings (SSSR count). The van der Waals surface area contributed by atoms with Gasteiger partial charge in [-0.25, -0.2) is 0 Å². The molecular formula is C11H14Cl2O. The number of hydrogen-bond acceptors (Lipinski definition) is 1. The van der Waals surface area contributed by atoms with Crippen molar-refractivity contribution >= 4 is 23.2 Å². The smallest absolute Gasteiger partial charge is 0.0626 e. The van der Waals surface area contributed by atoms with Crippen LogP contribution in [0.4, 0.5) is 0 Å². The molecular weight excluding hydrogens is 219 g/mol. The summed E-state index contributed by atoms with van der Waals surface area (Å²) in [6, 6.07) is 7.86. The van der Waals surface area contributed by atoms with Crippen molar-refractivity contribution in [2.45, 2.75) is 18.2 Å². The van der Waals surface area contributed by atoms with Gasteiger partial charge in [0.25, 0.3) is 0 Å². The number of rotatable bonds is 5. The Hall–Kier alpha value is -0.240. The van der Waals surface area contributed by atoms with Crippen molar-refractivity contribution in [3.63, 3.8) is 0 Å². The number of halogens is 2. The molecule has 0 radical (unpaired) electrons. The molecule has 1 unspecified atom stereocenters. The maximum absolute atomic E-state index is 6.01. The highest BCUT2D eigenvalue weighted by atomic mass is 35.5. The molecule has 0 amide bonds. The van der Waals surface area contributed by atoms with Crippen LogP contribution >= 0.6 is 23.2 Å². The summed E-state index contributed by atoms with van der Waals surface area (Å²) < 4.78 is 4.96. The Morgan fingerprint density at radius 2 is 2.21 bits per heavy atom. The lowest BCUT2D eigenvalue weighted by Gasteiger charge is -2.07. The summed E-state index contributed by atoms with van der Waals surface area (Å²) in [7, 11) is 1.66. The second kappa shape index (κ2) is 6.28. The maximum atomic E-state index is 6.01. The lowest BCUT2D eigenvalue weighted by Crippen LogP contribution is -2.08. The molecule has 1 atom stereocenters. The lowest BCUT2D eigenvalue weighted by molar-refractivity contribution is 0.195. The molecule has 0 N–H and O–H groups in total. The van der Waals surface area contributed by atoms with Crippen molar-refractivity contribution in [3.8, 4) is 0 Å². The van der Waals surface area contributed by atoms with Gasteiger partial charge in [-0.1, -0.05) is 23.7 Å². The van der Waals surface area contributed by atoms with Crippen molar-refractivity contribution < 1.29 is 4.74 Å². The van der Waals surface area contributed by atoms with Gasteiger partial charge in [0, 0.05) is 12.1 Å². The van der Waals surface area contributed by atoms with Crippen LogP contribution in [0.3, 0.4) is 0 Å². The quantitative estimate of drug-likeness (QED) is 0.707. The minimum Gasteiger partial charge on any atom is -0.383 e. The van der Waals surface area contributed by atoms with Crippen LogP contribution in [0.5, 0.6) is 0 Å². The van der Waals surface area contributed by atoms with Gasteiger partial charge in [-0.2, -0.15) is 0 Å². The molecule has 0 bridgehead atoms. The first-order valence-electron chi connectivity index (χ1n) is 4.60. The van der Waals surface area contributed by atoms with E-state index in [4.69, 9.17) is 27.9 Å². The molecule has 0 spiro atoms. The van der Waals surface area contributed by atoms with Crippen LogP contribution in [0.2, 0.25) is 5.02 Å². The van der Waals surface area contributed by atoms with E-state index in [9.17, 15) is 0 Å². The average Bonchev–Trinajstić information content (AvgIpc) is 2.15. The van der Waals surface area contributed by atoms with Gasteiger partial charge in [0.1, 0.15) is 0 Å². The maximum Gasteiger partial charge on any atom is 0.0626 e. The Morgan fingerprint density at radius 1 is 1.43 bits per heavy atom. The van der Waals surface area contributed by atoms with E-state index in [1.165, 1.54) is 5.56 Å². The van der Waals surface area contributed by atoms with Gasteiger partial charge < -0.3 is 4.74 Å². The summed E-state index contributed by atoms with van der Waals surface area (Å²) in [6.45, 7) is 0.599. The molecule has 0 aliphatic rings. The second-order valence-corrected chi connectivity index (χ2v) is 4.27. The highest BCUT2D eigenvalue weighted by Crippen LogP contribution is 2.14. The minimum absolute atomic E-state index is 0.0824. The summed E-state index contributed by atoms with van der Waals surface area (Å²) in [6.07, 6.45) is 1.85. The van der Waals surface area contributed by atoms with E-state index in [0.717, 1.165) is 17.9 Å². The van der Waals surface area contributed by atoms with Gasteiger partial charge in [-0.15, -0.1) is 11.6 Å². The third-order valence-electron chi connectivity index (χ3n) is 1.98. The molecule has 0 saturated carbocycles. The van der Waals surface area contributed by atoms with Crippen molar-refractivity contribution in [2.75, 3.05) is 13.7 Å². The van der Waals surface area contributed by atoms with Crippen LogP contribution in [-0.4, -0.2) is 19.1 Å². The van der Waals surface area contributed by atoms with E-state index in [0.29, 0.717) is 6.61 Å². The van der Waals surface area contributed by atoms with Gasteiger partial charge in [0.15, 0.2) is 0 Å². The predicted octanol–water partition coefficient (Wildman–Crippen LogP) is 3.53. The van der Waals surface area contributed by atoms with E-state index < -0.39 is 0 Å². The minimum atomic E-state index is 0.0824. The molecule has 0 aromatic heterocycles. The summed E-state index contributed by atoms with van der Waals surface area (Å²) in [5, 5.41) is 0.861. The molecule has 0 aliphatic carbocycles. The summed E-state index contributed by atoms with van der Waals surface area (Å²) in [5.74, 6) is 0. The molecule has 78 valence electrons. The van der Waals surface area contributed by atoms with Gasteiger partial charge in [-0.05, 0) is 30.5 Å². The van der Waals surface area contributed by atoms with Crippen LogP contribution in [0.15, 0.2) is 24.3 Å². The van der Waals surface area contributed by atoms with Crippen LogP contribution in [0.1, 0.15) is 12.0 Å². The SMILES string of the molecule is COCC(Cl)CCc1cccc(Cl)c1. The van der Waals surface area contributed by atoms with Gasteiger partial charge in [0.05, 0.1) is 12.0 Å². The first kappa shape index (κ1) is 11.8. The Morgan fingerprint density at radius 3 is 2.86 bits per heavy atom. The zero-order chi connectivity index (χ0) is 10.4. The van der Waals surface area contributed by atoms with E-state index in [1.54, 1.807) is 7.11 Å². The molecule has 0 aliphatic heterocycles.